The molecule has 2 atom stereocenters. The highest BCUT2D eigenvalue weighted by atomic mass is 16.4. The number of carbonyl (C=O) groups excluding carboxylic acids is 1. The third-order valence-corrected chi connectivity index (χ3v) is 4.00. The number of aromatic carboxylic acids is 1. The van der Waals surface area contributed by atoms with Gasteiger partial charge in [0.2, 0.25) is 0 Å². The first-order chi connectivity index (χ1) is 9.49. The zero-order valence-corrected chi connectivity index (χ0v) is 11.8. The van der Waals surface area contributed by atoms with E-state index in [1.54, 1.807) is 12.1 Å². The van der Waals surface area contributed by atoms with Crippen molar-refractivity contribution in [1.82, 2.24) is 4.90 Å². The zero-order valence-electron chi connectivity index (χ0n) is 11.8. The number of benzene rings is 1. The molecule has 1 aromatic carbocycles. The highest BCUT2D eigenvalue weighted by Crippen LogP contribution is 2.23. The molecule has 0 aromatic heterocycles. The largest absolute Gasteiger partial charge is 0.478 e. The van der Waals surface area contributed by atoms with E-state index in [4.69, 9.17) is 5.11 Å². The molecule has 1 fully saturated rings. The molecule has 0 spiro atoms. The molecule has 1 aliphatic rings. The Morgan fingerprint density at radius 1 is 1.35 bits per heavy atom. The van der Waals surface area contributed by atoms with Gasteiger partial charge in [-0.25, -0.2) is 9.59 Å². The molecule has 0 saturated carbocycles. The van der Waals surface area contributed by atoms with Gasteiger partial charge < -0.3 is 15.3 Å². The van der Waals surface area contributed by atoms with Crippen LogP contribution < -0.4 is 5.32 Å². The summed E-state index contributed by atoms with van der Waals surface area (Å²) in [4.78, 5) is 25.0. The van der Waals surface area contributed by atoms with E-state index >= 15 is 0 Å². The molecule has 2 amide bonds. The Morgan fingerprint density at radius 2 is 2.10 bits per heavy atom. The van der Waals surface area contributed by atoms with Gasteiger partial charge in [0, 0.05) is 18.3 Å². The van der Waals surface area contributed by atoms with Gasteiger partial charge in [-0.15, -0.1) is 0 Å². The number of carboxylic acid groups (broad SMARTS) is 1. The average molecular weight is 276 g/mol. The Bertz CT molecular complexity index is 516. The predicted octanol–water partition coefficient (Wildman–Crippen LogP) is 3.04. The summed E-state index contributed by atoms with van der Waals surface area (Å²) in [5.74, 6) is -0.513. The first-order valence-electron chi connectivity index (χ1n) is 6.90. The molecule has 1 aromatic rings. The second-order valence-electron chi connectivity index (χ2n) is 5.37. The van der Waals surface area contributed by atoms with Crippen molar-refractivity contribution in [3.63, 3.8) is 0 Å². The number of carbonyl (C=O) groups is 2. The smallest absolute Gasteiger partial charge is 0.335 e. The molecule has 20 heavy (non-hydrogen) atoms. The summed E-state index contributed by atoms with van der Waals surface area (Å²) in [6.07, 6.45) is 2.15. The van der Waals surface area contributed by atoms with E-state index in [0.717, 1.165) is 19.4 Å². The maximum atomic E-state index is 12.3. The third kappa shape index (κ3) is 3.10. The van der Waals surface area contributed by atoms with Crippen molar-refractivity contribution in [2.75, 3.05) is 11.9 Å². The number of amides is 2. The molecular weight excluding hydrogens is 256 g/mol. The predicted molar refractivity (Wildman–Crippen MR) is 77.0 cm³/mol. The van der Waals surface area contributed by atoms with Crippen molar-refractivity contribution in [3.8, 4) is 0 Å². The molecule has 5 heteroatoms. The number of piperidine rings is 1. The quantitative estimate of drug-likeness (QED) is 0.872. The van der Waals surface area contributed by atoms with Gasteiger partial charge in [0.15, 0.2) is 0 Å². The highest BCUT2D eigenvalue weighted by Gasteiger charge is 2.28. The van der Waals surface area contributed by atoms with Crippen LogP contribution in [0.1, 0.15) is 37.0 Å². The van der Waals surface area contributed by atoms with Gasteiger partial charge in [-0.05, 0) is 43.9 Å². The minimum Gasteiger partial charge on any atom is -0.478 e. The first kappa shape index (κ1) is 14.4. The number of nitrogens with one attached hydrogen (secondary N) is 1. The lowest BCUT2D eigenvalue weighted by atomic mass is 9.92. The number of hydrogen-bond donors (Lipinski definition) is 2. The average Bonchev–Trinajstić information content (AvgIpc) is 2.42. The van der Waals surface area contributed by atoms with E-state index in [1.165, 1.54) is 12.1 Å². The second-order valence-corrected chi connectivity index (χ2v) is 5.37. The normalized spacial score (nSPS) is 22.4. The SMILES string of the molecule is CC1CCCN(C(=O)Nc2cccc(C(=O)O)c2)C1C. The van der Waals surface area contributed by atoms with Crippen molar-refractivity contribution < 1.29 is 14.7 Å². The van der Waals surface area contributed by atoms with Crippen LogP contribution in [0, 0.1) is 5.92 Å². The van der Waals surface area contributed by atoms with Crippen LogP contribution in [-0.2, 0) is 0 Å². The summed E-state index contributed by atoms with van der Waals surface area (Å²) in [7, 11) is 0. The van der Waals surface area contributed by atoms with Crippen molar-refractivity contribution in [1.29, 1.82) is 0 Å². The molecule has 0 bridgehead atoms. The molecule has 2 rings (SSSR count). The van der Waals surface area contributed by atoms with Crippen molar-refractivity contribution in [2.45, 2.75) is 32.7 Å². The molecule has 1 aliphatic heterocycles. The fourth-order valence-electron chi connectivity index (χ4n) is 2.55. The van der Waals surface area contributed by atoms with Gasteiger partial charge in [-0.1, -0.05) is 13.0 Å². The van der Waals surface area contributed by atoms with E-state index in [0.29, 0.717) is 11.6 Å². The van der Waals surface area contributed by atoms with Crippen LogP contribution in [0.15, 0.2) is 24.3 Å². The number of nitrogens with zero attached hydrogens (tertiary/aromatic N) is 1. The van der Waals surface area contributed by atoms with Crippen LogP contribution in [0.4, 0.5) is 10.5 Å². The highest BCUT2D eigenvalue weighted by molar-refractivity contribution is 5.93. The Balaban J connectivity index is 2.07. The topological polar surface area (TPSA) is 69.6 Å². The molecule has 0 aliphatic carbocycles. The summed E-state index contributed by atoms with van der Waals surface area (Å²) < 4.78 is 0. The maximum Gasteiger partial charge on any atom is 0.335 e. The summed E-state index contributed by atoms with van der Waals surface area (Å²) in [5.41, 5.74) is 0.684. The van der Waals surface area contributed by atoms with Gasteiger partial charge in [-0.2, -0.15) is 0 Å². The van der Waals surface area contributed by atoms with Crippen LogP contribution in [0.2, 0.25) is 0 Å². The van der Waals surface area contributed by atoms with Crippen LogP contribution in [0.5, 0.6) is 0 Å². The minimum atomic E-state index is -0.999. The van der Waals surface area contributed by atoms with Crippen molar-refractivity contribution in [3.05, 3.63) is 29.8 Å². The summed E-state index contributed by atoms with van der Waals surface area (Å²) in [6.45, 7) is 4.95. The number of urea groups is 1. The maximum absolute atomic E-state index is 12.3. The van der Waals surface area contributed by atoms with Crippen molar-refractivity contribution in [2.24, 2.45) is 5.92 Å². The minimum absolute atomic E-state index is 0.161. The monoisotopic (exact) mass is 276 g/mol. The standard InChI is InChI=1S/C15H20N2O3/c1-10-5-4-8-17(11(10)2)15(20)16-13-7-3-6-12(9-13)14(18)19/h3,6-7,9-11H,4-5,8H2,1-2H3,(H,16,20)(H,18,19). The van der Waals surface area contributed by atoms with Crippen LogP contribution in [-0.4, -0.2) is 34.6 Å². The van der Waals surface area contributed by atoms with E-state index in [2.05, 4.69) is 19.2 Å². The van der Waals surface area contributed by atoms with Gasteiger partial charge in [0.1, 0.15) is 0 Å². The fraction of sp³-hybridized carbons (Fsp3) is 0.467. The zero-order chi connectivity index (χ0) is 14.7. The van der Waals surface area contributed by atoms with E-state index in [1.807, 2.05) is 4.90 Å². The summed E-state index contributed by atoms with van der Waals surface area (Å²) in [6, 6.07) is 6.34. The van der Waals surface area contributed by atoms with Gasteiger partial charge in [-0.3, -0.25) is 0 Å². The third-order valence-electron chi connectivity index (χ3n) is 4.00. The van der Waals surface area contributed by atoms with E-state index < -0.39 is 5.97 Å². The Morgan fingerprint density at radius 3 is 2.80 bits per heavy atom. The molecule has 2 N–H and O–H groups in total. The van der Waals surface area contributed by atoms with Crippen LogP contribution in [0.25, 0.3) is 0 Å². The van der Waals surface area contributed by atoms with Gasteiger partial charge in [0.05, 0.1) is 5.56 Å². The Labute approximate surface area is 118 Å². The number of hydrogen-bond acceptors (Lipinski definition) is 2. The Hall–Kier alpha value is -2.04. The first-order valence-corrected chi connectivity index (χ1v) is 6.90. The fourth-order valence-corrected chi connectivity index (χ4v) is 2.55. The van der Waals surface area contributed by atoms with Crippen LogP contribution in [0.3, 0.4) is 0 Å². The lowest BCUT2D eigenvalue weighted by Crippen LogP contribution is -2.47. The summed E-state index contributed by atoms with van der Waals surface area (Å²) in [5, 5.41) is 11.7. The molecule has 108 valence electrons. The van der Waals surface area contributed by atoms with E-state index in [-0.39, 0.29) is 17.6 Å². The molecular formula is C15H20N2O3. The molecule has 0 radical (unpaired) electrons. The molecule has 2 unspecified atom stereocenters. The number of likely N-dealkylation sites (tertiary alicyclic amines) is 1. The lowest BCUT2D eigenvalue weighted by molar-refractivity contribution is 0.0697. The second kappa shape index (κ2) is 5.94. The summed E-state index contributed by atoms with van der Waals surface area (Å²) >= 11 is 0. The molecule has 1 heterocycles. The van der Waals surface area contributed by atoms with E-state index in [9.17, 15) is 9.59 Å². The van der Waals surface area contributed by atoms with Crippen LogP contribution >= 0.6 is 0 Å². The number of carboxylic acids is 1. The number of anilines is 1. The number of rotatable bonds is 2. The van der Waals surface area contributed by atoms with Crippen molar-refractivity contribution >= 4 is 17.7 Å². The lowest BCUT2D eigenvalue weighted by Gasteiger charge is -2.37. The van der Waals surface area contributed by atoms with Gasteiger partial charge in [0.25, 0.3) is 0 Å². The van der Waals surface area contributed by atoms with Gasteiger partial charge >= 0.3 is 12.0 Å². The Kier molecular flexibility index (Phi) is 4.27. The molecule has 1 saturated heterocycles. The molecule has 5 nitrogen and oxygen atoms in total.